The molecule has 6 heteroatoms. The Kier molecular flexibility index (Phi) is 5.10. The summed E-state index contributed by atoms with van der Waals surface area (Å²) < 4.78 is 1.96. The molecule has 2 N–H and O–H groups in total. The third-order valence-electron chi connectivity index (χ3n) is 4.91. The van der Waals surface area contributed by atoms with Crippen LogP contribution < -0.4 is 5.32 Å². The smallest absolute Gasteiger partial charge is 0.239 e. The summed E-state index contributed by atoms with van der Waals surface area (Å²) in [6.07, 6.45) is 9.73. The zero-order valence-electron chi connectivity index (χ0n) is 13.1. The second-order valence-electron chi connectivity index (χ2n) is 6.45. The highest BCUT2D eigenvalue weighted by atomic mass is 16.3. The van der Waals surface area contributed by atoms with Crippen molar-refractivity contribution in [2.24, 2.45) is 0 Å². The van der Waals surface area contributed by atoms with Crippen molar-refractivity contribution in [2.45, 2.75) is 57.0 Å². The van der Waals surface area contributed by atoms with E-state index in [1.807, 2.05) is 10.7 Å². The number of piperidine rings is 1. The lowest BCUT2D eigenvalue weighted by atomic mass is 10.0. The fourth-order valence-corrected chi connectivity index (χ4v) is 3.69. The highest BCUT2D eigenvalue weighted by Gasteiger charge is 2.25. The fourth-order valence-electron chi connectivity index (χ4n) is 3.69. The van der Waals surface area contributed by atoms with Gasteiger partial charge in [-0.15, -0.1) is 0 Å². The number of likely N-dealkylation sites (tertiary alicyclic amines) is 1. The number of nitrogens with zero attached hydrogens (tertiary/aromatic N) is 3. The lowest BCUT2D eigenvalue weighted by molar-refractivity contribution is -0.118. The molecule has 1 amide bonds. The molecule has 2 aliphatic rings. The Morgan fingerprint density at radius 2 is 2.05 bits per heavy atom. The molecule has 1 saturated heterocycles. The maximum Gasteiger partial charge on any atom is 0.239 e. The maximum atomic E-state index is 12.3. The first-order valence-electron chi connectivity index (χ1n) is 8.46. The van der Waals surface area contributed by atoms with Crippen LogP contribution in [0.1, 0.15) is 51.0 Å². The van der Waals surface area contributed by atoms with E-state index in [0.29, 0.717) is 12.6 Å². The van der Waals surface area contributed by atoms with Crippen LogP contribution in [-0.4, -0.2) is 51.4 Å². The van der Waals surface area contributed by atoms with Gasteiger partial charge in [0.05, 0.1) is 25.4 Å². The standard InChI is InChI=1S/C16H26N4O2/c21-12-14-7-3-4-10-19(14)11-16(22)18-15-8-9-17-20(15)13-5-1-2-6-13/h8-9,13-14,21H,1-7,10-12H2,(H,18,22). The molecule has 1 aromatic heterocycles. The van der Waals surface area contributed by atoms with Gasteiger partial charge in [-0.1, -0.05) is 19.3 Å². The molecular weight excluding hydrogens is 280 g/mol. The number of rotatable bonds is 5. The summed E-state index contributed by atoms with van der Waals surface area (Å²) in [5.74, 6) is 0.787. The van der Waals surface area contributed by atoms with Gasteiger partial charge < -0.3 is 10.4 Å². The van der Waals surface area contributed by atoms with Crippen molar-refractivity contribution < 1.29 is 9.90 Å². The molecule has 1 unspecified atom stereocenters. The zero-order valence-corrected chi connectivity index (χ0v) is 13.1. The summed E-state index contributed by atoms with van der Waals surface area (Å²) in [7, 11) is 0. The Morgan fingerprint density at radius 1 is 1.27 bits per heavy atom. The van der Waals surface area contributed by atoms with Crippen LogP contribution in [0.5, 0.6) is 0 Å². The van der Waals surface area contributed by atoms with E-state index in [-0.39, 0.29) is 18.6 Å². The fraction of sp³-hybridized carbons (Fsp3) is 0.750. The maximum absolute atomic E-state index is 12.3. The molecule has 2 fully saturated rings. The van der Waals surface area contributed by atoms with E-state index in [1.165, 1.54) is 12.8 Å². The number of carbonyl (C=O) groups is 1. The van der Waals surface area contributed by atoms with Crippen LogP contribution in [0.25, 0.3) is 0 Å². The van der Waals surface area contributed by atoms with E-state index >= 15 is 0 Å². The van der Waals surface area contributed by atoms with Gasteiger partial charge in [-0.3, -0.25) is 9.69 Å². The highest BCUT2D eigenvalue weighted by Crippen LogP contribution is 2.31. The van der Waals surface area contributed by atoms with Gasteiger partial charge in [0.1, 0.15) is 5.82 Å². The van der Waals surface area contributed by atoms with Gasteiger partial charge in [0, 0.05) is 12.1 Å². The van der Waals surface area contributed by atoms with Crippen LogP contribution in [-0.2, 0) is 4.79 Å². The summed E-state index contributed by atoms with van der Waals surface area (Å²) in [5.41, 5.74) is 0. The second-order valence-corrected chi connectivity index (χ2v) is 6.45. The van der Waals surface area contributed by atoms with E-state index in [1.54, 1.807) is 6.20 Å². The van der Waals surface area contributed by atoms with Crippen LogP contribution in [0, 0.1) is 0 Å². The van der Waals surface area contributed by atoms with E-state index < -0.39 is 0 Å². The van der Waals surface area contributed by atoms with Crippen LogP contribution in [0.2, 0.25) is 0 Å². The first kappa shape index (κ1) is 15.5. The number of nitrogens with one attached hydrogen (secondary N) is 1. The van der Waals surface area contributed by atoms with Gasteiger partial charge in [-0.25, -0.2) is 4.68 Å². The van der Waals surface area contributed by atoms with Gasteiger partial charge in [-0.05, 0) is 32.2 Å². The van der Waals surface area contributed by atoms with Crippen LogP contribution in [0.15, 0.2) is 12.3 Å². The van der Waals surface area contributed by atoms with Crippen LogP contribution >= 0.6 is 0 Å². The first-order chi connectivity index (χ1) is 10.8. The Morgan fingerprint density at radius 3 is 2.82 bits per heavy atom. The van der Waals surface area contributed by atoms with Crippen molar-refractivity contribution in [3.8, 4) is 0 Å². The molecule has 122 valence electrons. The topological polar surface area (TPSA) is 70.4 Å². The highest BCUT2D eigenvalue weighted by molar-refractivity contribution is 5.91. The van der Waals surface area contributed by atoms with Gasteiger partial charge in [0.15, 0.2) is 0 Å². The van der Waals surface area contributed by atoms with E-state index in [2.05, 4.69) is 15.3 Å². The minimum atomic E-state index is -0.0138. The Labute approximate surface area is 131 Å². The summed E-state index contributed by atoms with van der Waals surface area (Å²) in [6, 6.07) is 2.42. The monoisotopic (exact) mass is 306 g/mol. The van der Waals surface area contributed by atoms with Gasteiger partial charge >= 0.3 is 0 Å². The number of carbonyl (C=O) groups excluding carboxylic acids is 1. The van der Waals surface area contributed by atoms with Crippen molar-refractivity contribution in [1.82, 2.24) is 14.7 Å². The molecule has 0 radical (unpaired) electrons. The number of amides is 1. The predicted octanol–water partition coefficient (Wildman–Crippen LogP) is 1.78. The zero-order chi connectivity index (χ0) is 15.4. The minimum absolute atomic E-state index is 0.0138. The van der Waals surface area contributed by atoms with E-state index in [0.717, 1.165) is 44.5 Å². The average molecular weight is 306 g/mol. The molecule has 2 heterocycles. The largest absolute Gasteiger partial charge is 0.395 e. The number of aliphatic hydroxyl groups excluding tert-OH is 1. The molecule has 1 aromatic rings. The lowest BCUT2D eigenvalue weighted by Gasteiger charge is -2.33. The normalized spacial score (nSPS) is 23.8. The average Bonchev–Trinajstić information content (AvgIpc) is 3.18. The molecular formula is C16H26N4O2. The third kappa shape index (κ3) is 3.50. The van der Waals surface area contributed by atoms with Crippen molar-refractivity contribution in [3.63, 3.8) is 0 Å². The minimum Gasteiger partial charge on any atom is -0.395 e. The van der Waals surface area contributed by atoms with Crippen molar-refractivity contribution in [3.05, 3.63) is 12.3 Å². The summed E-state index contributed by atoms with van der Waals surface area (Å²) >= 11 is 0. The van der Waals surface area contributed by atoms with Crippen molar-refractivity contribution in [2.75, 3.05) is 25.0 Å². The molecule has 6 nitrogen and oxygen atoms in total. The number of anilines is 1. The number of aliphatic hydroxyl groups is 1. The molecule has 1 aliphatic heterocycles. The molecule has 0 aromatic carbocycles. The number of hydrogen-bond donors (Lipinski definition) is 2. The van der Waals surface area contributed by atoms with Crippen LogP contribution in [0.3, 0.4) is 0 Å². The van der Waals surface area contributed by atoms with Crippen molar-refractivity contribution >= 4 is 11.7 Å². The SMILES string of the molecule is O=C(CN1CCCCC1CO)Nc1ccnn1C1CCCC1. The Bertz CT molecular complexity index is 496. The molecule has 1 aliphatic carbocycles. The lowest BCUT2D eigenvalue weighted by Crippen LogP contribution is -2.45. The summed E-state index contributed by atoms with van der Waals surface area (Å²) in [4.78, 5) is 14.4. The van der Waals surface area contributed by atoms with Crippen LogP contribution in [0.4, 0.5) is 5.82 Å². The molecule has 0 bridgehead atoms. The van der Waals surface area contributed by atoms with Gasteiger partial charge in [0.2, 0.25) is 5.91 Å². The summed E-state index contributed by atoms with van der Waals surface area (Å²) in [5, 5.41) is 16.8. The molecule has 1 saturated carbocycles. The Hall–Kier alpha value is -1.40. The third-order valence-corrected chi connectivity index (χ3v) is 4.91. The molecule has 3 rings (SSSR count). The van der Waals surface area contributed by atoms with E-state index in [9.17, 15) is 9.90 Å². The Balaban J connectivity index is 1.58. The van der Waals surface area contributed by atoms with E-state index in [4.69, 9.17) is 0 Å². The molecule has 0 spiro atoms. The van der Waals surface area contributed by atoms with Gasteiger partial charge in [-0.2, -0.15) is 5.10 Å². The summed E-state index contributed by atoms with van der Waals surface area (Å²) in [6.45, 7) is 1.37. The molecule has 22 heavy (non-hydrogen) atoms. The first-order valence-corrected chi connectivity index (χ1v) is 8.46. The second kappa shape index (κ2) is 7.24. The quantitative estimate of drug-likeness (QED) is 0.870. The number of hydrogen-bond acceptors (Lipinski definition) is 4. The predicted molar refractivity (Wildman–Crippen MR) is 84.7 cm³/mol. The number of aromatic nitrogens is 2. The molecule has 1 atom stereocenters. The van der Waals surface area contributed by atoms with Crippen molar-refractivity contribution in [1.29, 1.82) is 0 Å². The van der Waals surface area contributed by atoms with Gasteiger partial charge in [0.25, 0.3) is 0 Å².